The second-order valence-electron chi connectivity index (χ2n) is 6.65. The number of aryl methyl sites for hydroxylation is 2. The number of pyridine rings is 1. The molecule has 1 aliphatic rings. The molecule has 3 aromatic heterocycles. The molecule has 2 N–H and O–H groups in total. The molecule has 28 heavy (non-hydrogen) atoms. The summed E-state index contributed by atoms with van der Waals surface area (Å²) in [6.07, 6.45) is 7.38. The summed E-state index contributed by atoms with van der Waals surface area (Å²) in [4.78, 5) is 9.00. The SMILES string of the molecule is CCNC(=NCCCc1nnc2ccccn12)NC1CCc2ncnn2C1.I. The highest BCUT2D eigenvalue weighted by molar-refractivity contribution is 14.0. The van der Waals surface area contributed by atoms with Crippen molar-refractivity contribution in [2.45, 2.75) is 45.2 Å². The van der Waals surface area contributed by atoms with Crippen molar-refractivity contribution >= 4 is 35.6 Å². The Kier molecular flexibility index (Phi) is 7.18. The highest BCUT2D eigenvalue weighted by Crippen LogP contribution is 2.11. The van der Waals surface area contributed by atoms with Crippen molar-refractivity contribution < 1.29 is 0 Å². The van der Waals surface area contributed by atoms with E-state index in [1.54, 1.807) is 6.33 Å². The van der Waals surface area contributed by atoms with Crippen LogP contribution in [0.4, 0.5) is 0 Å². The van der Waals surface area contributed by atoms with Crippen LogP contribution in [-0.2, 0) is 19.4 Å². The number of nitrogens with one attached hydrogen (secondary N) is 2. The number of halogens is 1. The molecule has 150 valence electrons. The lowest BCUT2D eigenvalue weighted by atomic mass is 10.1. The van der Waals surface area contributed by atoms with Gasteiger partial charge in [-0.15, -0.1) is 34.2 Å². The Bertz CT molecular complexity index is 917. The standard InChI is InChI=1S/C18H25N9.HI/c1-2-19-18(23-14-8-9-15-21-13-22-27(15)12-14)20-10-5-7-17-25-24-16-6-3-4-11-26(16)17;/h3-4,6,11,13-14H,2,5,7-10,12H2,1H3,(H2,19,20,23);1H. The second-order valence-corrected chi connectivity index (χ2v) is 6.65. The zero-order valence-corrected chi connectivity index (χ0v) is 18.3. The highest BCUT2D eigenvalue weighted by Gasteiger charge is 2.20. The molecule has 0 amide bonds. The molecule has 0 bridgehead atoms. The van der Waals surface area contributed by atoms with Crippen molar-refractivity contribution in [1.29, 1.82) is 0 Å². The van der Waals surface area contributed by atoms with E-state index in [1.165, 1.54) is 0 Å². The van der Waals surface area contributed by atoms with Crippen LogP contribution in [0.15, 0.2) is 35.7 Å². The van der Waals surface area contributed by atoms with Crippen LogP contribution < -0.4 is 10.6 Å². The second kappa shape index (κ2) is 9.80. The van der Waals surface area contributed by atoms with Gasteiger partial charge in [-0.25, -0.2) is 9.67 Å². The van der Waals surface area contributed by atoms with Crippen LogP contribution in [0.2, 0.25) is 0 Å². The number of nitrogens with zero attached hydrogens (tertiary/aromatic N) is 7. The number of hydrogen-bond acceptors (Lipinski definition) is 5. The minimum absolute atomic E-state index is 0. The fourth-order valence-corrected chi connectivity index (χ4v) is 3.36. The van der Waals surface area contributed by atoms with E-state index >= 15 is 0 Å². The van der Waals surface area contributed by atoms with Crippen LogP contribution in [-0.4, -0.2) is 54.5 Å². The molecule has 1 atom stereocenters. The van der Waals surface area contributed by atoms with Gasteiger partial charge in [0.1, 0.15) is 18.0 Å². The maximum Gasteiger partial charge on any atom is 0.191 e. The largest absolute Gasteiger partial charge is 0.357 e. The topological polar surface area (TPSA) is 97.3 Å². The summed E-state index contributed by atoms with van der Waals surface area (Å²) in [6, 6.07) is 6.25. The first kappa shape index (κ1) is 20.5. The lowest BCUT2D eigenvalue weighted by Gasteiger charge is -2.25. The summed E-state index contributed by atoms with van der Waals surface area (Å²) >= 11 is 0. The zero-order valence-electron chi connectivity index (χ0n) is 16.0. The number of guanidine groups is 1. The molecule has 0 aromatic carbocycles. The van der Waals surface area contributed by atoms with Crippen molar-refractivity contribution in [3.05, 3.63) is 42.4 Å². The predicted molar refractivity (Wildman–Crippen MR) is 118 cm³/mol. The van der Waals surface area contributed by atoms with Crippen molar-refractivity contribution in [1.82, 2.24) is 40.0 Å². The van der Waals surface area contributed by atoms with Gasteiger partial charge in [0.25, 0.3) is 0 Å². The Balaban J connectivity index is 0.00000225. The van der Waals surface area contributed by atoms with Gasteiger partial charge in [-0.1, -0.05) is 6.07 Å². The van der Waals surface area contributed by atoms with E-state index in [0.29, 0.717) is 6.04 Å². The third-order valence-electron chi connectivity index (χ3n) is 4.70. The summed E-state index contributed by atoms with van der Waals surface area (Å²) in [6.45, 7) is 4.47. The van der Waals surface area contributed by atoms with Crippen molar-refractivity contribution in [3.8, 4) is 0 Å². The van der Waals surface area contributed by atoms with Gasteiger partial charge >= 0.3 is 0 Å². The minimum Gasteiger partial charge on any atom is -0.357 e. The molecule has 1 unspecified atom stereocenters. The van der Waals surface area contributed by atoms with Crippen molar-refractivity contribution in [3.63, 3.8) is 0 Å². The lowest BCUT2D eigenvalue weighted by Crippen LogP contribution is -2.47. The number of aliphatic imine (C=N–C) groups is 1. The van der Waals surface area contributed by atoms with Crippen LogP contribution in [0, 0.1) is 0 Å². The average Bonchev–Trinajstić information content (AvgIpc) is 3.32. The molecule has 4 heterocycles. The van der Waals surface area contributed by atoms with Gasteiger partial charge in [0.2, 0.25) is 0 Å². The molecule has 9 nitrogen and oxygen atoms in total. The summed E-state index contributed by atoms with van der Waals surface area (Å²) in [5.41, 5.74) is 0.885. The predicted octanol–water partition coefficient (Wildman–Crippen LogP) is 1.44. The molecular weight excluding hydrogens is 469 g/mol. The Morgan fingerprint density at radius 2 is 2.25 bits per heavy atom. The third-order valence-corrected chi connectivity index (χ3v) is 4.70. The Labute approximate surface area is 181 Å². The van der Waals surface area contributed by atoms with Gasteiger partial charge < -0.3 is 10.6 Å². The number of fused-ring (bicyclic) bond motifs is 2. The van der Waals surface area contributed by atoms with Gasteiger partial charge in [-0.2, -0.15) is 5.10 Å². The summed E-state index contributed by atoms with van der Waals surface area (Å²) in [5, 5.41) is 19.6. The number of rotatable bonds is 6. The van der Waals surface area contributed by atoms with Gasteiger partial charge in [0, 0.05) is 38.2 Å². The van der Waals surface area contributed by atoms with E-state index in [2.05, 4.69) is 37.8 Å². The lowest BCUT2D eigenvalue weighted by molar-refractivity contribution is 0.392. The molecule has 1 aliphatic heterocycles. The Morgan fingerprint density at radius 1 is 1.32 bits per heavy atom. The average molecular weight is 495 g/mol. The fraction of sp³-hybridized carbons (Fsp3) is 0.500. The number of aromatic nitrogens is 6. The summed E-state index contributed by atoms with van der Waals surface area (Å²) < 4.78 is 4.01. The van der Waals surface area contributed by atoms with Crippen LogP contribution in [0.25, 0.3) is 5.65 Å². The molecule has 3 aromatic rings. The van der Waals surface area contributed by atoms with Gasteiger partial charge in [0.15, 0.2) is 11.6 Å². The maximum absolute atomic E-state index is 4.72. The van der Waals surface area contributed by atoms with Crippen molar-refractivity contribution in [2.75, 3.05) is 13.1 Å². The maximum atomic E-state index is 4.72. The van der Waals surface area contributed by atoms with E-state index in [-0.39, 0.29) is 24.0 Å². The molecule has 0 saturated heterocycles. The molecule has 0 saturated carbocycles. The van der Waals surface area contributed by atoms with Crippen LogP contribution >= 0.6 is 24.0 Å². The van der Waals surface area contributed by atoms with E-state index in [4.69, 9.17) is 4.99 Å². The summed E-state index contributed by atoms with van der Waals surface area (Å²) in [5.74, 6) is 2.90. The molecule has 0 spiro atoms. The zero-order chi connectivity index (χ0) is 18.5. The number of hydrogen-bond donors (Lipinski definition) is 2. The minimum atomic E-state index is 0. The molecule has 0 aliphatic carbocycles. The Hall–Kier alpha value is -2.24. The van der Waals surface area contributed by atoms with Crippen LogP contribution in [0.1, 0.15) is 31.4 Å². The summed E-state index contributed by atoms with van der Waals surface area (Å²) in [7, 11) is 0. The van der Waals surface area contributed by atoms with E-state index in [1.807, 2.05) is 33.5 Å². The fourth-order valence-electron chi connectivity index (χ4n) is 3.36. The first-order valence-electron chi connectivity index (χ1n) is 9.53. The van der Waals surface area contributed by atoms with Gasteiger partial charge in [0.05, 0.1) is 6.54 Å². The molecular formula is C18H26IN9. The smallest absolute Gasteiger partial charge is 0.191 e. The highest BCUT2D eigenvalue weighted by atomic mass is 127. The van der Waals surface area contributed by atoms with Crippen LogP contribution in [0.5, 0.6) is 0 Å². The first-order valence-corrected chi connectivity index (χ1v) is 9.53. The van der Waals surface area contributed by atoms with Gasteiger partial charge in [-0.3, -0.25) is 9.39 Å². The third kappa shape index (κ3) is 4.78. The quantitative estimate of drug-likeness (QED) is 0.233. The normalized spacial score (nSPS) is 16.5. The molecule has 10 heteroatoms. The molecule has 0 fully saturated rings. The van der Waals surface area contributed by atoms with E-state index in [0.717, 1.165) is 68.6 Å². The van der Waals surface area contributed by atoms with E-state index in [9.17, 15) is 0 Å². The molecule has 0 radical (unpaired) electrons. The van der Waals surface area contributed by atoms with Crippen molar-refractivity contribution in [2.24, 2.45) is 4.99 Å². The monoisotopic (exact) mass is 495 g/mol. The molecule has 4 rings (SSSR count). The first-order chi connectivity index (χ1) is 13.3. The van der Waals surface area contributed by atoms with Crippen LogP contribution in [0.3, 0.4) is 0 Å². The van der Waals surface area contributed by atoms with E-state index < -0.39 is 0 Å². The van der Waals surface area contributed by atoms with Gasteiger partial charge in [-0.05, 0) is 31.9 Å². The Morgan fingerprint density at radius 3 is 3.14 bits per heavy atom.